The van der Waals surface area contributed by atoms with Gasteiger partial charge in [0, 0.05) is 36.4 Å². The Hall–Kier alpha value is -3.17. The molecule has 1 atom stereocenters. The van der Waals surface area contributed by atoms with Crippen LogP contribution in [-0.2, 0) is 32.6 Å². The lowest BCUT2D eigenvalue weighted by Gasteiger charge is -2.34. The lowest BCUT2D eigenvalue weighted by molar-refractivity contribution is -0.141. The quantitative estimate of drug-likeness (QED) is 0.218. The van der Waals surface area contributed by atoms with Crippen LogP contribution in [0.25, 0.3) is 0 Å². The van der Waals surface area contributed by atoms with Gasteiger partial charge in [-0.15, -0.1) is 0 Å². The second-order valence-corrected chi connectivity index (χ2v) is 14.7. The van der Waals surface area contributed by atoms with Crippen molar-refractivity contribution in [1.29, 1.82) is 0 Å². The minimum atomic E-state index is -3.57. The minimum Gasteiger partial charge on any atom is -0.352 e. The summed E-state index contributed by atoms with van der Waals surface area (Å²) in [5.74, 6) is -0.324. The second kappa shape index (κ2) is 15.7. The maximum absolute atomic E-state index is 14.1. The Kier molecular flexibility index (Phi) is 12.0. The first-order valence-corrected chi connectivity index (χ1v) is 18.1. The Morgan fingerprint density at radius 3 is 2.27 bits per heavy atom. The fourth-order valence-corrected chi connectivity index (χ4v) is 7.22. The predicted octanol–water partition coefficient (Wildman–Crippen LogP) is 6.70. The third kappa shape index (κ3) is 9.66. The monoisotopic (exact) mass is 681 g/mol. The van der Waals surface area contributed by atoms with Crippen molar-refractivity contribution >= 4 is 43.5 Å². The van der Waals surface area contributed by atoms with E-state index in [0.717, 1.165) is 52.4 Å². The molecule has 1 aliphatic rings. The van der Waals surface area contributed by atoms with E-state index < -0.39 is 16.1 Å². The summed E-state index contributed by atoms with van der Waals surface area (Å²) in [6.07, 6.45) is 7.25. The van der Waals surface area contributed by atoms with E-state index in [9.17, 15) is 18.0 Å². The van der Waals surface area contributed by atoms with Gasteiger partial charge in [-0.1, -0.05) is 83.7 Å². The van der Waals surface area contributed by atoms with Crippen LogP contribution in [0.3, 0.4) is 0 Å². The van der Waals surface area contributed by atoms with Gasteiger partial charge in [0.05, 0.1) is 11.9 Å². The predicted molar refractivity (Wildman–Crippen MR) is 181 cm³/mol. The van der Waals surface area contributed by atoms with Crippen LogP contribution in [0.4, 0.5) is 5.69 Å². The van der Waals surface area contributed by atoms with Crippen molar-refractivity contribution < 1.29 is 18.0 Å². The Bertz CT molecular complexity index is 1520. The van der Waals surface area contributed by atoms with Crippen LogP contribution in [0.5, 0.6) is 0 Å². The molecule has 1 saturated carbocycles. The maximum atomic E-state index is 14.1. The van der Waals surface area contributed by atoms with Crippen molar-refractivity contribution in [2.45, 2.75) is 83.8 Å². The third-order valence-corrected chi connectivity index (χ3v) is 10.1. The molecule has 0 radical (unpaired) electrons. The summed E-state index contributed by atoms with van der Waals surface area (Å²) in [6, 6.07) is 22.5. The maximum Gasteiger partial charge on any atom is 0.243 e. The molecule has 9 heteroatoms. The number of aryl methyl sites for hydroxylation is 2. The van der Waals surface area contributed by atoms with Gasteiger partial charge in [-0.25, -0.2) is 8.42 Å². The zero-order valence-electron chi connectivity index (χ0n) is 26.0. The number of hydrogen-bond acceptors (Lipinski definition) is 4. The highest BCUT2D eigenvalue weighted by Gasteiger charge is 2.32. The summed E-state index contributed by atoms with van der Waals surface area (Å²) >= 11 is 3.54. The normalized spacial score (nSPS) is 14.5. The summed E-state index contributed by atoms with van der Waals surface area (Å²) in [5.41, 5.74) is 4.55. The number of amides is 2. The third-order valence-electron chi connectivity index (χ3n) is 8.40. The summed E-state index contributed by atoms with van der Waals surface area (Å²) in [6.45, 7) is 4.36. The Morgan fingerprint density at radius 2 is 1.61 bits per heavy atom. The van der Waals surface area contributed by atoms with E-state index in [2.05, 4.69) is 21.2 Å². The number of hydrogen-bond donors (Lipinski definition) is 1. The van der Waals surface area contributed by atoms with E-state index in [4.69, 9.17) is 0 Å². The highest BCUT2D eigenvalue weighted by Crippen LogP contribution is 2.24. The van der Waals surface area contributed by atoms with Crippen LogP contribution in [0.1, 0.15) is 67.2 Å². The Balaban J connectivity index is 1.59. The molecule has 0 aromatic heterocycles. The van der Waals surface area contributed by atoms with Crippen molar-refractivity contribution in [2.24, 2.45) is 0 Å². The fraction of sp³-hybridized carbons (Fsp3) is 0.429. The number of anilines is 1. The number of nitrogens with one attached hydrogen (secondary N) is 1. The zero-order valence-corrected chi connectivity index (χ0v) is 28.4. The van der Waals surface area contributed by atoms with Crippen molar-refractivity contribution in [3.63, 3.8) is 0 Å². The van der Waals surface area contributed by atoms with E-state index in [1.165, 1.54) is 17.0 Å². The first kappa shape index (κ1) is 33.7. The van der Waals surface area contributed by atoms with Gasteiger partial charge in [-0.05, 0) is 79.6 Å². The summed E-state index contributed by atoms with van der Waals surface area (Å²) in [4.78, 5) is 29.8. The number of carbonyl (C=O) groups is 2. The number of halogens is 1. The fourth-order valence-electron chi connectivity index (χ4n) is 5.81. The molecule has 0 heterocycles. The van der Waals surface area contributed by atoms with Crippen LogP contribution in [-0.4, -0.2) is 50.0 Å². The molecular formula is C35H44BrN3O4S. The molecule has 0 spiro atoms. The molecule has 0 saturated heterocycles. The molecule has 0 bridgehead atoms. The number of benzene rings is 3. The van der Waals surface area contributed by atoms with Gasteiger partial charge in [0.15, 0.2) is 0 Å². The van der Waals surface area contributed by atoms with Crippen molar-refractivity contribution in [3.8, 4) is 0 Å². The summed E-state index contributed by atoms with van der Waals surface area (Å²) in [5, 5.41) is 3.27. The molecule has 3 aromatic rings. The van der Waals surface area contributed by atoms with E-state index in [1.54, 1.807) is 11.0 Å². The minimum absolute atomic E-state index is 0.104. The number of rotatable bonds is 13. The first-order valence-electron chi connectivity index (χ1n) is 15.4. The molecule has 2 amide bonds. The van der Waals surface area contributed by atoms with Crippen LogP contribution < -0.4 is 9.62 Å². The van der Waals surface area contributed by atoms with Crippen LogP contribution in [0.15, 0.2) is 77.3 Å². The van der Waals surface area contributed by atoms with Crippen molar-refractivity contribution in [2.75, 3.05) is 17.1 Å². The standard InChI is InChI=1S/C35H44BrN3O4S/c1-26-19-20-32(22-27(26)2)39(44(3,42)43)21-11-18-34(40)38(25-29-14-10-15-30(36)23-29)33(24-28-12-6-4-7-13-28)35(41)37-31-16-8-5-9-17-31/h4,6-7,10,12-15,19-20,22-23,31,33H,5,8-9,11,16-18,21,24-25H2,1-3H3,(H,37,41)/t33-/m1/s1. The molecule has 236 valence electrons. The number of nitrogens with zero attached hydrogens (tertiary/aromatic N) is 2. The molecule has 1 N–H and O–H groups in total. The van der Waals surface area contributed by atoms with Gasteiger partial charge in [0.2, 0.25) is 21.8 Å². The molecule has 0 unspecified atom stereocenters. The van der Waals surface area contributed by atoms with Crippen molar-refractivity contribution in [3.05, 3.63) is 99.5 Å². The van der Waals surface area contributed by atoms with Crippen molar-refractivity contribution in [1.82, 2.24) is 10.2 Å². The second-order valence-electron chi connectivity index (χ2n) is 11.9. The lowest BCUT2D eigenvalue weighted by Crippen LogP contribution is -2.52. The SMILES string of the molecule is Cc1ccc(N(CCCC(=O)N(Cc2cccc(Br)c2)[C@H](Cc2ccccc2)C(=O)NC2CCCCC2)S(C)(=O)=O)cc1C. The highest BCUT2D eigenvalue weighted by molar-refractivity contribution is 9.10. The van der Waals surface area contributed by atoms with E-state index in [0.29, 0.717) is 18.5 Å². The lowest BCUT2D eigenvalue weighted by atomic mass is 9.94. The molecule has 3 aromatic carbocycles. The van der Waals surface area contributed by atoms with Gasteiger partial charge in [0.1, 0.15) is 6.04 Å². The average molecular weight is 683 g/mol. The Labute approximate surface area is 271 Å². The summed E-state index contributed by atoms with van der Waals surface area (Å²) in [7, 11) is -3.57. The van der Waals surface area contributed by atoms with Gasteiger partial charge in [-0.2, -0.15) is 0 Å². The van der Waals surface area contributed by atoms with Gasteiger partial charge in [-0.3, -0.25) is 13.9 Å². The largest absolute Gasteiger partial charge is 0.352 e. The molecule has 0 aliphatic heterocycles. The molecule has 44 heavy (non-hydrogen) atoms. The van der Waals surface area contributed by atoms with E-state index in [1.807, 2.05) is 80.6 Å². The van der Waals surface area contributed by atoms with Gasteiger partial charge in [0.25, 0.3) is 0 Å². The Morgan fingerprint density at radius 1 is 0.909 bits per heavy atom. The zero-order chi connectivity index (χ0) is 31.7. The van der Waals surface area contributed by atoms with Gasteiger partial charge < -0.3 is 10.2 Å². The smallest absolute Gasteiger partial charge is 0.243 e. The first-order chi connectivity index (χ1) is 21.0. The molecule has 7 nitrogen and oxygen atoms in total. The van der Waals surface area contributed by atoms with Crippen LogP contribution in [0.2, 0.25) is 0 Å². The summed E-state index contributed by atoms with van der Waals surface area (Å²) < 4.78 is 27.8. The number of sulfonamides is 1. The molecule has 1 fully saturated rings. The van der Waals surface area contributed by atoms with E-state index >= 15 is 0 Å². The molecule has 1 aliphatic carbocycles. The highest BCUT2D eigenvalue weighted by atomic mass is 79.9. The molecule has 4 rings (SSSR count). The van der Waals surface area contributed by atoms with Crippen LogP contribution in [0, 0.1) is 13.8 Å². The van der Waals surface area contributed by atoms with Gasteiger partial charge >= 0.3 is 0 Å². The number of carbonyl (C=O) groups excluding carboxylic acids is 2. The van der Waals surface area contributed by atoms with Crippen LogP contribution >= 0.6 is 15.9 Å². The van der Waals surface area contributed by atoms with E-state index in [-0.39, 0.29) is 37.4 Å². The average Bonchev–Trinajstić information content (AvgIpc) is 2.99. The molecular weight excluding hydrogens is 638 g/mol. The topological polar surface area (TPSA) is 86.8 Å².